The third-order valence-corrected chi connectivity index (χ3v) is 5.66. The molecule has 2 amide bonds. The van der Waals surface area contributed by atoms with Gasteiger partial charge in [-0.1, -0.05) is 60.2 Å². The lowest BCUT2D eigenvalue weighted by Gasteiger charge is -2.41. The quantitative estimate of drug-likeness (QED) is 0.640. The molecule has 2 aliphatic rings. The van der Waals surface area contributed by atoms with E-state index in [4.69, 9.17) is 0 Å². The van der Waals surface area contributed by atoms with Crippen molar-refractivity contribution in [2.24, 2.45) is 17.8 Å². The van der Waals surface area contributed by atoms with Crippen LogP contribution < -0.4 is 10.6 Å². The van der Waals surface area contributed by atoms with E-state index in [2.05, 4.69) is 41.8 Å². The molecule has 4 rings (SSSR count). The van der Waals surface area contributed by atoms with Crippen LogP contribution in [-0.2, 0) is 9.59 Å². The molecule has 1 fully saturated rings. The van der Waals surface area contributed by atoms with Crippen LogP contribution in [0.25, 0.3) is 0 Å². The van der Waals surface area contributed by atoms with E-state index < -0.39 is 0 Å². The molecule has 4 nitrogen and oxygen atoms in total. The minimum absolute atomic E-state index is 0.0804. The summed E-state index contributed by atoms with van der Waals surface area (Å²) in [5.41, 5.74) is 3.20. The van der Waals surface area contributed by atoms with Gasteiger partial charge in [0.25, 0.3) is 0 Å². The van der Waals surface area contributed by atoms with Crippen molar-refractivity contribution in [1.29, 1.82) is 0 Å². The van der Waals surface area contributed by atoms with Gasteiger partial charge in [-0.25, -0.2) is 0 Å². The van der Waals surface area contributed by atoms with Gasteiger partial charge in [0.15, 0.2) is 0 Å². The van der Waals surface area contributed by atoms with E-state index in [-0.39, 0.29) is 35.6 Å². The summed E-state index contributed by atoms with van der Waals surface area (Å²) < 4.78 is 0. The van der Waals surface area contributed by atoms with Crippen molar-refractivity contribution in [3.05, 3.63) is 77.9 Å². The monoisotopic (exact) mass is 360 g/mol. The van der Waals surface area contributed by atoms with Crippen LogP contribution >= 0.6 is 0 Å². The zero-order valence-electron chi connectivity index (χ0n) is 15.4. The Balaban J connectivity index is 1.73. The first-order valence-electron chi connectivity index (χ1n) is 9.53. The first-order valence-corrected chi connectivity index (χ1v) is 9.53. The van der Waals surface area contributed by atoms with Crippen molar-refractivity contribution >= 4 is 17.5 Å². The fraction of sp³-hybridized carbons (Fsp3) is 0.304. The second kappa shape index (κ2) is 7.39. The Morgan fingerprint density at radius 3 is 2.48 bits per heavy atom. The molecule has 2 N–H and O–H groups in total. The summed E-state index contributed by atoms with van der Waals surface area (Å²) >= 11 is 0. The van der Waals surface area contributed by atoms with Gasteiger partial charge in [-0.3, -0.25) is 14.9 Å². The van der Waals surface area contributed by atoms with Crippen molar-refractivity contribution in [2.75, 3.05) is 5.32 Å². The number of fused-ring (bicyclic) bond motifs is 1. The fourth-order valence-electron chi connectivity index (χ4n) is 4.25. The zero-order valence-corrected chi connectivity index (χ0v) is 15.4. The number of benzene rings is 2. The van der Waals surface area contributed by atoms with Crippen LogP contribution in [0.3, 0.4) is 0 Å². The second-order valence-corrected chi connectivity index (χ2v) is 7.47. The molecule has 0 bridgehead atoms. The summed E-state index contributed by atoms with van der Waals surface area (Å²) in [5, 5.41) is 6.19. The lowest BCUT2D eigenvalue weighted by atomic mass is 9.69. The standard InChI is InChI=1S/C23H24N2O2/c1-15-11-13-17(14-12-15)24-21(16-7-3-2-4-8-16)20-18-9-5-6-10-19(18)22(26)25-23(20)27/h2-5,7-9,11-14,18-21,24H,6,10H2,1H3,(H,25,26,27)/t18-,19?,20+,21+/m0/s1. The van der Waals surface area contributed by atoms with Crippen molar-refractivity contribution < 1.29 is 9.59 Å². The Kier molecular flexibility index (Phi) is 4.80. The van der Waals surface area contributed by atoms with Crippen molar-refractivity contribution in [3.8, 4) is 0 Å². The Morgan fingerprint density at radius 1 is 1.00 bits per heavy atom. The van der Waals surface area contributed by atoms with E-state index in [9.17, 15) is 9.59 Å². The normalized spacial score (nSPS) is 25.4. The maximum atomic E-state index is 12.9. The number of imide groups is 1. The van der Waals surface area contributed by atoms with Crippen LogP contribution in [0.4, 0.5) is 5.69 Å². The van der Waals surface area contributed by atoms with Crippen LogP contribution in [0.5, 0.6) is 0 Å². The highest BCUT2D eigenvalue weighted by atomic mass is 16.2. The summed E-state index contributed by atoms with van der Waals surface area (Å²) in [6.07, 6.45) is 5.86. The number of hydrogen-bond acceptors (Lipinski definition) is 3. The van der Waals surface area contributed by atoms with Crippen LogP contribution in [0.1, 0.15) is 30.0 Å². The number of piperidine rings is 1. The van der Waals surface area contributed by atoms with E-state index in [0.29, 0.717) is 0 Å². The molecule has 0 spiro atoms. The van der Waals surface area contributed by atoms with Gasteiger partial charge < -0.3 is 5.32 Å². The highest BCUT2D eigenvalue weighted by Gasteiger charge is 2.46. The number of carbonyl (C=O) groups excluding carboxylic acids is 2. The molecule has 138 valence electrons. The van der Waals surface area contributed by atoms with Crippen molar-refractivity contribution in [2.45, 2.75) is 25.8 Å². The average Bonchev–Trinajstić information content (AvgIpc) is 2.69. The number of anilines is 1. The predicted octanol–water partition coefficient (Wildman–Crippen LogP) is 4.00. The average molecular weight is 360 g/mol. The van der Waals surface area contributed by atoms with Crippen LogP contribution in [0, 0.1) is 24.7 Å². The van der Waals surface area contributed by atoms with Gasteiger partial charge in [0, 0.05) is 17.5 Å². The topological polar surface area (TPSA) is 58.2 Å². The molecule has 27 heavy (non-hydrogen) atoms. The lowest BCUT2D eigenvalue weighted by molar-refractivity contribution is -0.143. The molecule has 2 aromatic rings. The van der Waals surface area contributed by atoms with E-state index in [1.165, 1.54) is 5.56 Å². The molecule has 1 saturated heterocycles. The molecule has 4 heteroatoms. The molecule has 4 atom stereocenters. The van der Waals surface area contributed by atoms with E-state index in [1.54, 1.807) is 0 Å². The maximum Gasteiger partial charge on any atom is 0.232 e. The molecule has 1 heterocycles. The highest BCUT2D eigenvalue weighted by Crippen LogP contribution is 2.41. The Morgan fingerprint density at radius 2 is 1.74 bits per heavy atom. The smallest absolute Gasteiger partial charge is 0.232 e. The number of rotatable bonds is 4. The molecule has 1 aliphatic carbocycles. The maximum absolute atomic E-state index is 12.9. The Labute approximate surface area is 159 Å². The molecule has 0 saturated carbocycles. The molecule has 1 aliphatic heterocycles. The Hall–Kier alpha value is -2.88. The lowest BCUT2D eigenvalue weighted by Crippen LogP contribution is -2.54. The van der Waals surface area contributed by atoms with Gasteiger partial charge in [-0.15, -0.1) is 0 Å². The largest absolute Gasteiger partial charge is 0.377 e. The number of allylic oxidation sites excluding steroid dienone is 2. The SMILES string of the molecule is Cc1ccc(N[C@H](c2ccccc2)[C@@H]2C(=O)NC(=O)C3CCC=C[C@@H]32)cc1. The summed E-state index contributed by atoms with van der Waals surface area (Å²) in [6, 6.07) is 18.0. The van der Waals surface area contributed by atoms with Crippen molar-refractivity contribution in [1.82, 2.24) is 5.32 Å². The minimum Gasteiger partial charge on any atom is -0.377 e. The Bertz CT molecular complexity index is 858. The molecule has 0 aromatic heterocycles. The number of aryl methyl sites for hydroxylation is 1. The van der Waals surface area contributed by atoms with Gasteiger partial charge in [0.05, 0.1) is 12.0 Å². The highest BCUT2D eigenvalue weighted by molar-refractivity contribution is 6.01. The first-order chi connectivity index (χ1) is 13.1. The zero-order chi connectivity index (χ0) is 18.8. The molecule has 0 radical (unpaired) electrons. The molecular formula is C23H24N2O2. The predicted molar refractivity (Wildman–Crippen MR) is 106 cm³/mol. The van der Waals surface area contributed by atoms with E-state index >= 15 is 0 Å². The minimum atomic E-state index is -0.340. The first kappa shape index (κ1) is 17.5. The number of carbonyl (C=O) groups is 2. The van der Waals surface area contributed by atoms with Gasteiger partial charge in [0.2, 0.25) is 11.8 Å². The number of nitrogens with one attached hydrogen (secondary N) is 2. The third kappa shape index (κ3) is 3.52. The second-order valence-electron chi connectivity index (χ2n) is 7.47. The van der Waals surface area contributed by atoms with Gasteiger partial charge in [-0.2, -0.15) is 0 Å². The summed E-state index contributed by atoms with van der Waals surface area (Å²) in [6.45, 7) is 2.05. The van der Waals surface area contributed by atoms with Crippen LogP contribution in [0.2, 0.25) is 0 Å². The van der Waals surface area contributed by atoms with Crippen LogP contribution in [0.15, 0.2) is 66.7 Å². The molecule has 2 aromatic carbocycles. The summed E-state index contributed by atoms with van der Waals surface area (Å²) in [7, 11) is 0. The number of amides is 2. The molecular weight excluding hydrogens is 336 g/mol. The van der Waals surface area contributed by atoms with E-state index in [0.717, 1.165) is 24.1 Å². The van der Waals surface area contributed by atoms with Gasteiger partial charge in [0.1, 0.15) is 0 Å². The van der Waals surface area contributed by atoms with Gasteiger partial charge >= 0.3 is 0 Å². The summed E-state index contributed by atoms with van der Waals surface area (Å²) in [5.74, 6) is -0.881. The van der Waals surface area contributed by atoms with Crippen LogP contribution in [-0.4, -0.2) is 11.8 Å². The third-order valence-electron chi connectivity index (χ3n) is 5.66. The van der Waals surface area contributed by atoms with Crippen molar-refractivity contribution in [3.63, 3.8) is 0 Å². The fourth-order valence-corrected chi connectivity index (χ4v) is 4.25. The number of hydrogen-bond donors (Lipinski definition) is 2. The van der Waals surface area contributed by atoms with E-state index in [1.807, 2.05) is 42.5 Å². The molecule has 1 unspecified atom stereocenters. The van der Waals surface area contributed by atoms with Gasteiger partial charge in [-0.05, 0) is 37.5 Å². The summed E-state index contributed by atoms with van der Waals surface area (Å²) in [4.78, 5) is 25.3.